The van der Waals surface area contributed by atoms with Crippen molar-refractivity contribution in [1.82, 2.24) is 10.2 Å². The molecule has 0 radical (unpaired) electrons. The molecule has 1 N–H and O–H groups in total. The van der Waals surface area contributed by atoms with Crippen molar-refractivity contribution < 1.29 is 14.3 Å². The lowest BCUT2D eigenvalue weighted by molar-refractivity contribution is -0.129. The summed E-state index contributed by atoms with van der Waals surface area (Å²) in [5.41, 5.74) is 0. The van der Waals surface area contributed by atoms with Crippen molar-refractivity contribution in [3.05, 3.63) is 0 Å². The molecule has 0 aromatic carbocycles. The van der Waals surface area contributed by atoms with Gasteiger partial charge in [0.25, 0.3) is 0 Å². The van der Waals surface area contributed by atoms with Crippen LogP contribution in [0.15, 0.2) is 0 Å². The summed E-state index contributed by atoms with van der Waals surface area (Å²) in [4.78, 5) is 25.5. The first kappa shape index (κ1) is 15.0. The number of rotatable bonds is 6. The summed E-state index contributed by atoms with van der Waals surface area (Å²) in [6.07, 6.45) is 0.332. The zero-order valence-corrected chi connectivity index (χ0v) is 11.7. The van der Waals surface area contributed by atoms with Crippen LogP contribution in [0, 0.1) is 11.8 Å². The van der Waals surface area contributed by atoms with E-state index in [1.165, 1.54) is 0 Å². The minimum atomic E-state index is -0.212. The van der Waals surface area contributed by atoms with Gasteiger partial charge in [0.2, 0.25) is 11.8 Å². The van der Waals surface area contributed by atoms with E-state index in [0.29, 0.717) is 25.5 Å². The number of hydrogen-bond acceptors (Lipinski definition) is 3. The third-order valence-corrected chi connectivity index (χ3v) is 2.98. The first-order valence-corrected chi connectivity index (χ1v) is 6.51. The van der Waals surface area contributed by atoms with Crippen LogP contribution < -0.4 is 5.32 Å². The van der Waals surface area contributed by atoms with Gasteiger partial charge in [0.1, 0.15) is 0 Å². The molecule has 104 valence electrons. The monoisotopic (exact) mass is 256 g/mol. The molecule has 18 heavy (non-hydrogen) atoms. The van der Waals surface area contributed by atoms with Gasteiger partial charge in [0.05, 0.1) is 12.5 Å². The second kappa shape index (κ2) is 6.73. The number of nitrogens with one attached hydrogen (secondary N) is 1. The predicted octanol–water partition coefficient (Wildman–Crippen LogP) is 0.642. The van der Waals surface area contributed by atoms with Crippen LogP contribution in [0.3, 0.4) is 0 Å². The molecular weight excluding hydrogens is 232 g/mol. The second-order valence-corrected chi connectivity index (χ2v) is 5.46. The van der Waals surface area contributed by atoms with Gasteiger partial charge in [0, 0.05) is 32.7 Å². The van der Waals surface area contributed by atoms with Crippen LogP contribution in [-0.2, 0) is 14.3 Å². The first-order valence-electron chi connectivity index (χ1n) is 6.51. The fourth-order valence-electron chi connectivity index (χ4n) is 2.22. The summed E-state index contributed by atoms with van der Waals surface area (Å²) in [5.74, 6) is 0.265. The molecule has 0 saturated carbocycles. The minimum Gasteiger partial charge on any atom is -0.383 e. The smallest absolute Gasteiger partial charge is 0.225 e. The van der Waals surface area contributed by atoms with E-state index in [1.807, 2.05) is 6.92 Å². The van der Waals surface area contributed by atoms with E-state index in [4.69, 9.17) is 4.74 Å². The first-order chi connectivity index (χ1) is 8.43. The summed E-state index contributed by atoms with van der Waals surface area (Å²) in [5, 5.41) is 2.87. The Bertz CT molecular complexity index is 305. The largest absolute Gasteiger partial charge is 0.383 e. The fraction of sp³-hybridized carbons (Fsp3) is 0.846. The Labute approximate surface area is 109 Å². The van der Waals surface area contributed by atoms with Crippen molar-refractivity contribution in [3.63, 3.8) is 0 Å². The highest BCUT2D eigenvalue weighted by Gasteiger charge is 2.34. The van der Waals surface area contributed by atoms with Crippen LogP contribution in [0.2, 0.25) is 0 Å². The molecular formula is C13H24N2O3. The van der Waals surface area contributed by atoms with Gasteiger partial charge in [0.15, 0.2) is 0 Å². The number of ether oxygens (including phenoxy) is 1. The highest BCUT2D eigenvalue weighted by atomic mass is 16.5. The number of amides is 2. The van der Waals surface area contributed by atoms with Crippen LogP contribution in [0.5, 0.6) is 0 Å². The molecule has 0 unspecified atom stereocenters. The summed E-state index contributed by atoms with van der Waals surface area (Å²) < 4.78 is 4.97. The van der Waals surface area contributed by atoms with E-state index in [2.05, 4.69) is 19.2 Å². The van der Waals surface area contributed by atoms with Gasteiger partial charge < -0.3 is 15.0 Å². The van der Waals surface area contributed by atoms with Crippen molar-refractivity contribution in [2.45, 2.75) is 33.2 Å². The highest BCUT2D eigenvalue weighted by molar-refractivity contribution is 5.89. The van der Waals surface area contributed by atoms with Crippen molar-refractivity contribution in [1.29, 1.82) is 0 Å². The molecule has 0 spiro atoms. The quantitative estimate of drug-likeness (QED) is 0.759. The molecule has 1 saturated heterocycles. The van der Waals surface area contributed by atoms with Gasteiger partial charge in [-0.2, -0.15) is 0 Å². The molecule has 0 bridgehead atoms. The molecule has 2 atom stereocenters. The number of likely N-dealkylation sites (tertiary alicyclic amines) is 1. The molecule has 1 rings (SSSR count). The molecule has 1 aliphatic heterocycles. The maximum atomic E-state index is 12.0. The summed E-state index contributed by atoms with van der Waals surface area (Å²) >= 11 is 0. The SMILES string of the molecule is COC[C@H](C)NC(=O)[C@H]1CC(=O)N(CC(C)C)C1. The van der Waals surface area contributed by atoms with Gasteiger partial charge in [-0.1, -0.05) is 13.8 Å². The minimum absolute atomic E-state index is 0.0169. The van der Waals surface area contributed by atoms with E-state index < -0.39 is 0 Å². The van der Waals surface area contributed by atoms with Crippen molar-refractivity contribution in [2.75, 3.05) is 26.8 Å². The molecule has 0 aromatic rings. The molecule has 0 aromatic heterocycles. The van der Waals surface area contributed by atoms with Crippen LogP contribution in [0.4, 0.5) is 0 Å². The Hall–Kier alpha value is -1.10. The Morgan fingerprint density at radius 1 is 1.50 bits per heavy atom. The molecule has 5 nitrogen and oxygen atoms in total. The van der Waals surface area contributed by atoms with E-state index in [-0.39, 0.29) is 23.8 Å². The van der Waals surface area contributed by atoms with E-state index in [9.17, 15) is 9.59 Å². The Morgan fingerprint density at radius 2 is 2.17 bits per heavy atom. The van der Waals surface area contributed by atoms with Gasteiger partial charge in [-0.05, 0) is 12.8 Å². The van der Waals surface area contributed by atoms with E-state index >= 15 is 0 Å². The highest BCUT2D eigenvalue weighted by Crippen LogP contribution is 2.19. The second-order valence-electron chi connectivity index (χ2n) is 5.46. The zero-order chi connectivity index (χ0) is 13.7. The van der Waals surface area contributed by atoms with Crippen LogP contribution in [0.1, 0.15) is 27.2 Å². The standard InChI is InChI=1S/C13H24N2O3/c1-9(2)6-15-7-11(5-12(15)16)13(17)14-10(3)8-18-4/h9-11H,5-8H2,1-4H3,(H,14,17)/t10-,11-/m0/s1. The maximum absolute atomic E-state index is 12.0. The third-order valence-electron chi connectivity index (χ3n) is 2.98. The topological polar surface area (TPSA) is 58.6 Å². The van der Waals surface area contributed by atoms with Gasteiger partial charge in [-0.25, -0.2) is 0 Å². The zero-order valence-electron chi connectivity index (χ0n) is 11.7. The van der Waals surface area contributed by atoms with Crippen molar-refractivity contribution in [2.24, 2.45) is 11.8 Å². The molecule has 5 heteroatoms. The summed E-state index contributed by atoms with van der Waals surface area (Å²) in [6, 6.07) is -0.0169. The summed E-state index contributed by atoms with van der Waals surface area (Å²) in [6.45, 7) is 7.80. The van der Waals surface area contributed by atoms with Crippen LogP contribution in [-0.4, -0.2) is 49.6 Å². The maximum Gasteiger partial charge on any atom is 0.225 e. The number of methoxy groups -OCH3 is 1. The molecule has 1 heterocycles. The average Bonchev–Trinajstić information content (AvgIpc) is 2.60. The average molecular weight is 256 g/mol. The van der Waals surface area contributed by atoms with Gasteiger partial charge in [-0.15, -0.1) is 0 Å². The molecule has 1 aliphatic rings. The number of carbonyl (C=O) groups is 2. The number of carbonyl (C=O) groups excluding carboxylic acids is 2. The molecule has 1 fully saturated rings. The molecule has 0 aliphatic carbocycles. The van der Waals surface area contributed by atoms with Crippen molar-refractivity contribution >= 4 is 11.8 Å². The normalized spacial score (nSPS) is 21.5. The van der Waals surface area contributed by atoms with E-state index in [1.54, 1.807) is 12.0 Å². The Kier molecular flexibility index (Phi) is 5.59. The Morgan fingerprint density at radius 3 is 2.72 bits per heavy atom. The van der Waals surface area contributed by atoms with Crippen LogP contribution in [0.25, 0.3) is 0 Å². The van der Waals surface area contributed by atoms with E-state index in [0.717, 1.165) is 6.54 Å². The lowest BCUT2D eigenvalue weighted by Crippen LogP contribution is -2.40. The van der Waals surface area contributed by atoms with Gasteiger partial charge in [-0.3, -0.25) is 9.59 Å². The fourth-order valence-corrected chi connectivity index (χ4v) is 2.22. The third kappa shape index (κ3) is 4.29. The van der Waals surface area contributed by atoms with Crippen molar-refractivity contribution in [3.8, 4) is 0 Å². The summed E-state index contributed by atoms with van der Waals surface area (Å²) in [7, 11) is 1.60. The number of nitrogens with zero attached hydrogens (tertiary/aromatic N) is 1. The Balaban J connectivity index is 2.44. The number of hydrogen-bond donors (Lipinski definition) is 1. The predicted molar refractivity (Wildman–Crippen MR) is 69.0 cm³/mol. The van der Waals surface area contributed by atoms with Crippen LogP contribution >= 0.6 is 0 Å². The lowest BCUT2D eigenvalue weighted by atomic mass is 10.1. The van der Waals surface area contributed by atoms with Gasteiger partial charge >= 0.3 is 0 Å². The lowest BCUT2D eigenvalue weighted by Gasteiger charge is -2.19. The molecule has 2 amide bonds.